The molecule has 0 unspecified atom stereocenters. The van der Waals surface area contributed by atoms with Crippen LogP contribution in [-0.4, -0.2) is 14.5 Å². The van der Waals surface area contributed by atoms with E-state index in [0.29, 0.717) is 0 Å². The van der Waals surface area contributed by atoms with Crippen LogP contribution in [0, 0.1) is 0 Å². The summed E-state index contributed by atoms with van der Waals surface area (Å²) in [6.07, 6.45) is 0. The molecule has 0 radical (unpaired) electrons. The second kappa shape index (κ2) is 11.7. The van der Waals surface area contributed by atoms with E-state index in [9.17, 15) is 0 Å². The zero-order valence-electron chi connectivity index (χ0n) is 27.0. The van der Waals surface area contributed by atoms with Gasteiger partial charge in [-0.3, -0.25) is 0 Å². The summed E-state index contributed by atoms with van der Waals surface area (Å²) in [5.74, 6) is 0.730. The maximum atomic E-state index is 5.27. The Kier molecular flexibility index (Phi) is 6.68. The molecule has 0 aliphatic rings. The molecule has 10 rings (SSSR count). The van der Waals surface area contributed by atoms with Gasteiger partial charge in [0, 0.05) is 53.3 Å². The van der Waals surface area contributed by atoms with Gasteiger partial charge < -0.3 is 4.57 Å². The van der Waals surface area contributed by atoms with Crippen molar-refractivity contribution < 1.29 is 0 Å². The van der Waals surface area contributed by atoms with Crippen molar-refractivity contribution in [3.8, 4) is 50.7 Å². The average Bonchev–Trinajstić information content (AvgIpc) is 3.75. The smallest absolute Gasteiger partial charge is 0.161 e. The molecule has 10 aromatic rings. The van der Waals surface area contributed by atoms with Crippen LogP contribution in [0.1, 0.15) is 0 Å². The highest BCUT2D eigenvalue weighted by molar-refractivity contribution is 7.27. The average molecular weight is 656 g/mol. The van der Waals surface area contributed by atoms with Crippen molar-refractivity contribution in [2.75, 3.05) is 0 Å². The zero-order chi connectivity index (χ0) is 33.0. The van der Waals surface area contributed by atoms with E-state index in [1.165, 1.54) is 53.1 Å². The molecule has 0 aliphatic heterocycles. The Morgan fingerprint density at radius 3 is 1.70 bits per heavy atom. The largest absolute Gasteiger partial charge is 0.309 e. The maximum Gasteiger partial charge on any atom is 0.161 e. The predicted octanol–water partition coefficient (Wildman–Crippen LogP) is 12.6. The second-order valence-electron chi connectivity index (χ2n) is 12.6. The highest BCUT2D eigenvalue weighted by Gasteiger charge is 2.20. The summed E-state index contributed by atoms with van der Waals surface area (Å²) in [5.41, 5.74) is 10.9. The van der Waals surface area contributed by atoms with Gasteiger partial charge in [-0.05, 0) is 47.5 Å². The van der Waals surface area contributed by atoms with Gasteiger partial charge in [-0.25, -0.2) is 9.97 Å². The van der Waals surface area contributed by atoms with Gasteiger partial charge in [0.15, 0.2) is 5.82 Å². The lowest BCUT2D eigenvalue weighted by molar-refractivity contribution is 1.18. The van der Waals surface area contributed by atoms with Crippen LogP contribution in [0.3, 0.4) is 0 Å². The highest BCUT2D eigenvalue weighted by atomic mass is 32.1. The molecule has 3 nitrogen and oxygen atoms in total. The van der Waals surface area contributed by atoms with Crippen molar-refractivity contribution in [1.29, 1.82) is 0 Å². The number of benzene rings is 7. The van der Waals surface area contributed by atoms with Crippen LogP contribution in [0.2, 0.25) is 0 Å². The first-order valence-electron chi connectivity index (χ1n) is 16.8. The number of thiophene rings is 1. The van der Waals surface area contributed by atoms with Gasteiger partial charge >= 0.3 is 0 Å². The number of nitrogens with zero attached hydrogens (tertiary/aromatic N) is 3. The number of aromatic nitrogens is 3. The minimum absolute atomic E-state index is 0.730. The lowest BCUT2D eigenvalue weighted by atomic mass is 10.0. The quantitative estimate of drug-likeness (QED) is 0.185. The molecule has 234 valence electrons. The molecule has 0 amide bonds. The first-order chi connectivity index (χ1) is 24.8. The van der Waals surface area contributed by atoms with Crippen LogP contribution in [0.25, 0.3) is 92.7 Å². The summed E-state index contributed by atoms with van der Waals surface area (Å²) in [4.78, 5) is 10.5. The molecule has 3 heterocycles. The molecule has 3 aromatic heterocycles. The number of hydrogen-bond acceptors (Lipinski definition) is 3. The van der Waals surface area contributed by atoms with Crippen LogP contribution in [-0.2, 0) is 0 Å². The van der Waals surface area contributed by atoms with Crippen molar-refractivity contribution >= 4 is 53.3 Å². The monoisotopic (exact) mass is 655 g/mol. The third-order valence-electron chi connectivity index (χ3n) is 9.64. The molecule has 0 saturated carbocycles. The van der Waals surface area contributed by atoms with Crippen molar-refractivity contribution in [1.82, 2.24) is 14.5 Å². The molecule has 50 heavy (non-hydrogen) atoms. The van der Waals surface area contributed by atoms with Gasteiger partial charge in [-0.1, -0.05) is 140 Å². The molecule has 0 N–H and O–H groups in total. The van der Waals surface area contributed by atoms with Crippen LogP contribution < -0.4 is 0 Å². The normalized spacial score (nSPS) is 11.6. The van der Waals surface area contributed by atoms with Gasteiger partial charge in [0.25, 0.3) is 0 Å². The topological polar surface area (TPSA) is 30.7 Å². The molecule has 0 spiro atoms. The summed E-state index contributed by atoms with van der Waals surface area (Å²) in [6, 6.07) is 62.3. The highest BCUT2D eigenvalue weighted by Crippen LogP contribution is 2.46. The zero-order valence-corrected chi connectivity index (χ0v) is 27.8. The number of hydrogen-bond donors (Lipinski definition) is 0. The molecule has 0 aliphatic carbocycles. The number of para-hydroxylation sites is 2. The Bertz CT molecular complexity index is 2840. The fourth-order valence-corrected chi connectivity index (χ4v) is 8.64. The van der Waals surface area contributed by atoms with E-state index < -0.39 is 0 Å². The fourth-order valence-electron chi connectivity index (χ4n) is 7.28. The Morgan fingerprint density at radius 2 is 0.960 bits per heavy atom. The Morgan fingerprint density at radius 1 is 0.400 bits per heavy atom. The van der Waals surface area contributed by atoms with Crippen molar-refractivity contribution in [2.45, 2.75) is 0 Å². The van der Waals surface area contributed by atoms with Gasteiger partial charge in [-0.15, -0.1) is 11.3 Å². The van der Waals surface area contributed by atoms with Gasteiger partial charge in [0.1, 0.15) is 0 Å². The standard InChI is InChI=1S/C46H29N3S/c1-4-13-30(14-5-1)31-23-25-33(26-24-31)40-29-39(32-15-6-2-7-16-32)47-46(48-40)38-21-12-20-35-36-27-28-42-43(45(36)50-44(35)38)37-19-10-11-22-41(37)49(42)34-17-8-3-9-18-34/h1-29H. The summed E-state index contributed by atoms with van der Waals surface area (Å²) in [6.45, 7) is 0. The third-order valence-corrected chi connectivity index (χ3v) is 10.9. The molecular weight excluding hydrogens is 627 g/mol. The molecule has 0 saturated heterocycles. The summed E-state index contributed by atoms with van der Waals surface area (Å²) < 4.78 is 4.87. The van der Waals surface area contributed by atoms with Crippen LogP contribution in [0.15, 0.2) is 176 Å². The SMILES string of the molecule is c1ccc(-c2ccc(-c3cc(-c4ccccc4)nc(-c4cccc5c4sc4c5ccc5c4c4ccccc4n5-c4ccccc4)n3)cc2)cc1. The maximum absolute atomic E-state index is 5.27. The lowest BCUT2D eigenvalue weighted by Crippen LogP contribution is -1.96. The predicted molar refractivity (Wildman–Crippen MR) is 211 cm³/mol. The fraction of sp³-hybridized carbons (Fsp3) is 0. The minimum Gasteiger partial charge on any atom is -0.309 e. The third kappa shape index (κ3) is 4.65. The summed E-state index contributed by atoms with van der Waals surface area (Å²) in [5, 5.41) is 5.02. The van der Waals surface area contributed by atoms with Crippen molar-refractivity contribution in [2.24, 2.45) is 0 Å². The van der Waals surface area contributed by atoms with E-state index in [4.69, 9.17) is 9.97 Å². The molecule has 7 aromatic carbocycles. The first kappa shape index (κ1) is 28.6. The molecule has 0 atom stereocenters. The second-order valence-corrected chi connectivity index (χ2v) is 13.6. The van der Waals surface area contributed by atoms with Gasteiger partial charge in [0.2, 0.25) is 0 Å². The summed E-state index contributed by atoms with van der Waals surface area (Å²) >= 11 is 1.85. The van der Waals surface area contributed by atoms with Crippen molar-refractivity contribution in [3.05, 3.63) is 176 Å². The van der Waals surface area contributed by atoms with E-state index in [1.54, 1.807) is 0 Å². The lowest BCUT2D eigenvalue weighted by Gasteiger charge is -2.11. The van der Waals surface area contributed by atoms with Crippen LogP contribution >= 0.6 is 11.3 Å². The van der Waals surface area contributed by atoms with Gasteiger partial charge in [-0.2, -0.15) is 0 Å². The molecule has 0 bridgehead atoms. The van der Waals surface area contributed by atoms with E-state index in [1.807, 2.05) is 23.5 Å². The number of fused-ring (bicyclic) bond motifs is 7. The first-order valence-corrected chi connectivity index (χ1v) is 17.7. The Hall–Kier alpha value is -6.36. The summed E-state index contributed by atoms with van der Waals surface area (Å²) in [7, 11) is 0. The van der Waals surface area contributed by atoms with E-state index in [0.717, 1.165) is 39.6 Å². The number of rotatable bonds is 5. The molecular formula is C46H29N3S. The minimum atomic E-state index is 0.730. The molecule has 0 fully saturated rings. The Balaban J connectivity index is 1.19. The van der Waals surface area contributed by atoms with Gasteiger partial charge in [0.05, 0.1) is 22.4 Å². The van der Waals surface area contributed by atoms with E-state index in [-0.39, 0.29) is 0 Å². The Labute approximate surface area is 293 Å². The van der Waals surface area contributed by atoms with E-state index >= 15 is 0 Å². The van der Waals surface area contributed by atoms with Crippen LogP contribution in [0.4, 0.5) is 0 Å². The molecule has 4 heteroatoms. The van der Waals surface area contributed by atoms with E-state index in [2.05, 4.69) is 168 Å². The van der Waals surface area contributed by atoms with Crippen LogP contribution in [0.5, 0.6) is 0 Å². The van der Waals surface area contributed by atoms with Crippen molar-refractivity contribution in [3.63, 3.8) is 0 Å².